The summed E-state index contributed by atoms with van der Waals surface area (Å²) in [4.78, 5) is 7.21. The summed E-state index contributed by atoms with van der Waals surface area (Å²) >= 11 is 3.58. The van der Waals surface area contributed by atoms with Crippen molar-refractivity contribution >= 4 is 27.3 Å². The standard InChI is InChI=1S/C20H20BrFN4/c1-13-18(21)26-17(4-7-23-26)19(24-13)25-8-5-20(6-9-25)11-14-2-3-16(22)10-15(14)12-20/h2-4,7,10H,5-6,8-9,11-12H2,1H3. The molecule has 1 aliphatic carbocycles. The summed E-state index contributed by atoms with van der Waals surface area (Å²) in [7, 11) is 0. The molecular formula is C20H20BrFN4. The van der Waals surface area contributed by atoms with Crippen molar-refractivity contribution in [3.8, 4) is 0 Å². The molecule has 3 heterocycles. The molecule has 1 saturated heterocycles. The van der Waals surface area contributed by atoms with Gasteiger partial charge in [0.1, 0.15) is 15.9 Å². The highest BCUT2D eigenvalue weighted by Crippen LogP contribution is 2.45. The second-order valence-corrected chi connectivity index (χ2v) is 8.44. The van der Waals surface area contributed by atoms with Gasteiger partial charge in [0, 0.05) is 13.1 Å². The van der Waals surface area contributed by atoms with Gasteiger partial charge in [0.25, 0.3) is 0 Å². The third-order valence-electron chi connectivity index (χ3n) is 6.05. The molecule has 0 saturated carbocycles. The molecule has 3 aromatic rings. The van der Waals surface area contributed by atoms with E-state index in [2.05, 4.69) is 25.9 Å². The number of fused-ring (bicyclic) bond motifs is 2. The summed E-state index contributed by atoms with van der Waals surface area (Å²) in [6.45, 7) is 3.96. The molecule has 1 aliphatic heterocycles. The van der Waals surface area contributed by atoms with Crippen LogP contribution in [-0.4, -0.2) is 27.7 Å². The van der Waals surface area contributed by atoms with E-state index in [0.29, 0.717) is 0 Å². The Bertz CT molecular complexity index is 1000. The van der Waals surface area contributed by atoms with Crippen LogP contribution < -0.4 is 4.90 Å². The Morgan fingerprint density at radius 3 is 2.69 bits per heavy atom. The average molecular weight is 415 g/mol. The number of anilines is 1. The highest BCUT2D eigenvalue weighted by Gasteiger charge is 2.40. The van der Waals surface area contributed by atoms with Crippen LogP contribution >= 0.6 is 15.9 Å². The van der Waals surface area contributed by atoms with Crippen LogP contribution in [0.15, 0.2) is 35.1 Å². The van der Waals surface area contributed by atoms with Crippen molar-refractivity contribution < 1.29 is 4.39 Å². The van der Waals surface area contributed by atoms with Gasteiger partial charge in [0.15, 0.2) is 5.82 Å². The molecule has 0 amide bonds. The van der Waals surface area contributed by atoms with Crippen LogP contribution in [0.2, 0.25) is 0 Å². The lowest BCUT2D eigenvalue weighted by molar-refractivity contribution is 0.232. The largest absolute Gasteiger partial charge is 0.355 e. The Morgan fingerprint density at radius 2 is 1.88 bits per heavy atom. The number of aromatic nitrogens is 3. The van der Waals surface area contributed by atoms with E-state index < -0.39 is 0 Å². The minimum Gasteiger partial charge on any atom is -0.355 e. The van der Waals surface area contributed by atoms with Crippen molar-refractivity contribution in [3.05, 3.63) is 57.7 Å². The zero-order valence-corrected chi connectivity index (χ0v) is 16.3. The summed E-state index contributed by atoms with van der Waals surface area (Å²) in [5.41, 5.74) is 4.80. The fraction of sp³-hybridized carbons (Fsp3) is 0.400. The van der Waals surface area contributed by atoms with Crippen molar-refractivity contribution in [2.24, 2.45) is 5.41 Å². The van der Waals surface area contributed by atoms with Gasteiger partial charge in [-0.2, -0.15) is 5.10 Å². The van der Waals surface area contributed by atoms with Gasteiger partial charge >= 0.3 is 0 Å². The van der Waals surface area contributed by atoms with Crippen molar-refractivity contribution in [3.63, 3.8) is 0 Å². The maximum atomic E-state index is 13.6. The number of hydrogen-bond acceptors (Lipinski definition) is 3. The lowest BCUT2D eigenvalue weighted by atomic mass is 9.76. The highest BCUT2D eigenvalue weighted by molar-refractivity contribution is 9.10. The first kappa shape index (κ1) is 16.2. The van der Waals surface area contributed by atoms with Gasteiger partial charge in [0.2, 0.25) is 0 Å². The normalized spacial score (nSPS) is 18.7. The number of nitrogens with zero attached hydrogens (tertiary/aromatic N) is 4. The first-order chi connectivity index (χ1) is 12.5. The van der Waals surface area contributed by atoms with E-state index in [1.165, 1.54) is 11.1 Å². The molecule has 134 valence electrons. The third-order valence-corrected chi connectivity index (χ3v) is 6.96. The van der Waals surface area contributed by atoms with Crippen molar-refractivity contribution in [2.45, 2.75) is 32.6 Å². The Kier molecular flexibility index (Phi) is 3.61. The molecule has 0 N–H and O–H groups in total. The molecule has 1 spiro atoms. The van der Waals surface area contributed by atoms with Gasteiger partial charge < -0.3 is 4.90 Å². The highest BCUT2D eigenvalue weighted by atomic mass is 79.9. The smallest absolute Gasteiger partial charge is 0.155 e. The van der Waals surface area contributed by atoms with Gasteiger partial charge in [-0.3, -0.25) is 0 Å². The number of benzene rings is 1. The number of halogens is 2. The lowest BCUT2D eigenvalue weighted by Gasteiger charge is -2.40. The van der Waals surface area contributed by atoms with Gasteiger partial charge in [-0.05, 0) is 83.3 Å². The van der Waals surface area contributed by atoms with E-state index in [1.54, 1.807) is 12.1 Å². The Morgan fingerprint density at radius 1 is 1.12 bits per heavy atom. The monoisotopic (exact) mass is 414 g/mol. The van der Waals surface area contributed by atoms with Crippen LogP contribution in [0.1, 0.15) is 29.7 Å². The maximum absolute atomic E-state index is 13.6. The van der Waals surface area contributed by atoms with Gasteiger partial charge in [-0.1, -0.05) is 6.07 Å². The molecule has 0 bridgehead atoms. The minimum atomic E-state index is -0.115. The quantitative estimate of drug-likeness (QED) is 0.594. The molecule has 2 aromatic heterocycles. The average Bonchev–Trinajstić information content (AvgIpc) is 3.24. The van der Waals surface area contributed by atoms with Crippen LogP contribution in [-0.2, 0) is 12.8 Å². The SMILES string of the molecule is Cc1nc(N2CCC3(CC2)Cc2ccc(F)cc2C3)c2ccnn2c1Br. The molecule has 0 atom stereocenters. The van der Waals surface area contributed by atoms with Crippen molar-refractivity contribution in [1.82, 2.24) is 14.6 Å². The van der Waals surface area contributed by atoms with Gasteiger partial charge in [-0.25, -0.2) is 13.9 Å². The van der Waals surface area contributed by atoms with Crippen LogP contribution in [0.5, 0.6) is 0 Å². The minimum absolute atomic E-state index is 0.115. The topological polar surface area (TPSA) is 33.4 Å². The first-order valence-electron chi connectivity index (χ1n) is 9.07. The summed E-state index contributed by atoms with van der Waals surface area (Å²) in [5.74, 6) is 0.899. The number of piperidine rings is 1. The second-order valence-electron chi connectivity index (χ2n) is 7.69. The fourth-order valence-corrected chi connectivity index (χ4v) is 5.00. The van der Waals surface area contributed by atoms with E-state index in [9.17, 15) is 4.39 Å². The maximum Gasteiger partial charge on any atom is 0.155 e. The summed E-state index contributed by atoms with van der Waals surface area (Å²) < 4.78 is 16.4. The fourth-order valence-electron chi connectivity index (χ4n) is 4.63. The molecule has 26 heavy (non-hydrogen) atoms. The van der Waals surface area contributed by atoms with E-state index >= 15 is 0 Å². The van der Waals surface area contributed by atoms with E-state index in [1.807, 2.05) is 29.8 Å². The summed E-state index contributed by atoms with van der Waals surface area (Å²) in [6, 6.07) is 7.32. The molecule has 6 heteroatoms. The molecule has 5 rings (SSSR count). The van der Waals surface area contributed by atoms with Crippen LogP contribution in [0.25, 0.3) is 5.52 Å². The number of hydrogen-bond donors (Lipinski definition) is 0. The number of aryl methyl sites for hydroxylation is 1. The molecular weight excluding hydrogens is 395 g/mol. The van der Waals surface area contributed by atoms with E-state index in [-0.39, 0.29) is 11.2 Å². The zero-order valence-electron chi connectivity index (χ0n) is 14.7. The van der Waals surface area contributed by atoms with E-state index in [4.69, 9.17) is 4.98 Å². The number of rotatable bonds is 1. The van der Waals surface area contributed by atoms with Crippen LogP contribution in [0.3, 0.4) is 0 Å². The predicted molar refractivity (Wildman–Crippen MR) is 103 cm³/mol. The summed E-state index contributed by atoms with van der Waals surface area (Å²) in [6.07, 6.45) is 6.12. The van der Waals surface area contributed by atoms with Gasteiger partial charge in [0.05, 0.1) is 11.9 Å². The molecule has 1 aromatic carbocycles. The Labute approximate surface area is 160 Å². The van der Waals surface area contributed by atoms with Crippen molar-refractivity contribution in [1.29, 1.82) is 0 Å². The zero-order chi connectivity index (χ0) is 17.9. The van der Waals surface area contributed by atoms with Crippen LogP contribution in [0, 0.1) is 18.2 Å². The predicted octanol–water partition coefficient (Wildman–Crippen LogP) is 4.32. The van der Waals surface area contributed by atoms with Gasteiger partial charge in [-0.15, -0.1) is 0 Å². The van der Waals surface area contributed by atoms with E-state index in [0.717, 1.165) is 60.4 Å². The summed E-state index contributed by atoms with van der Waals surface area (Å²) in [5, 5.41) is 4.41. The second kappa shape index (κ2) is 5.78. The van der Waals surface area contributed by atoms with Crippen molar-refractivity contribution in [2.75, 3.05) is 18.0 Å². The first-order valence-corrected chi connectivity index (χ1v) is 9.86. The molecule has 2 aliphatic rings. The Hall–Kier alpha value is -1.95. The molecule has 0 unspecified atom stereocenters. The molecule has 0 radical (unpaired) electrons. The molecule has 1 fully saturated rings. The van der Waals surface area contributed by atoms with Crippen LogP contribution in [0.4, 0.5) is 10.2 Å². The Balaban J connectivity index is 1.40. The lowest BCUT2D eigenvalue weighted by Crippen LogP contribution is -2.41. The molecule has 4 nitrogen and oxygen atoms in total. The third kappa shape index (κ3) is 2.46.